The molecule has 1 saturated carbocycles. The van der Waals surface area contributed by atoms with Crippen molar-refractivity contribution in [3.05, 3.63) is 38.9 Å². The second-order valence-corrected chi connectivity index (χ2v) is 6.04. The van der Waals surface area contributed by atoms with E-state index in [1.165, 1.54) is 25.0 Å². The van der Waals surface area contributed by atoms with Crippen LogP contribution in [-0.2, 0) is 0 Å². The number of nitrogens with zero attached hydrogens (tertiary/aromatic N) is 1. The van der Waals surface area contributed by atoms with Gasteiger partial charge in [0, 0.05) is 6.54 Å². The summed E-state index contributed by atoms with van der Waals surface area (Å²) in [6.45, 7) is 2.69. The molecule has 5 nitrogen and oxygen atoms in total. The molecule has 114 valence electrons. The van der Waals surface area contributed by atoms with Crippen molar-refractivity contribution in [1.82, 2.24) is 5.32 Å². The molecule has 2 rings (SSSR count). The summed E-state index contributed by atoms with van der Waals surface area (Å²) in [7, 11) is 0. The number of carbonyl (C=O) groups excluding carboxylic acids is 1. The van der Waals surface area contributed by atoms with Gasteiger partial charge >= 0.3 is 5.69 Å². The summed E-state index contributed by atoms with van der Waals surface area (Å²) in [5, 5.41) is 13.9. The summed E-state index contributed by atoms with van der Waals surface area (Å²) in [5.74, 6) is -0.427. The van der Waals surface area contributed by atoms with Gasteiger partial charge in [-0.15, -0.1) is 0 Å². The van der Waals surface area contributed by atoms with Crippen LogP contribution >= 0.6 is 11.6 Å². The van der Waals surface area contributed by atoms with Gasteiger partial charge in [0.15, 0.2) is 0 Å². The molecule has 0 saturated heterocycles. The third kappa shape index (κ3) is 3.35. The zero-order valence-electron chi connectivity index (χ0n) is 12.0. The monoisotopic (exact) mass is 310 g/mol. The Kier molecular flexibility index (Phi) is 4.83. The van der Waals surface area contributed by atoms with Gasteiger partial charge in [0.25, 0.3) is 5.91 Å². The van der Waals surface area contributed by atoms with Crippen LogP contribution in [-0.4, -0.2) is 17.4 Å². The Balaban J connectivity index is 2.14. The summed E-state index contributed by atoms with van der Waals surface area (Å²) in [6, 6.07) is 4.41. The van der Waals surface area contributed by atoms with Crippen LogP contribution in [0.4, 0.5) is 5.69 Å². The largest absolute Gasteiger partial charge is 0.351 e. The second kappa shape index (κ2) is 6.43. The molecule has 1 aromatic rings. The van der Waals surface area contributed by atoms with Crippen LogP contribution in [0.3, 0.4) is 0 Å². The van der Waals surface area contributed by atoms with Crippen LogP contribution < -0.4 is 5.32 Å². The zero-order valence-corrected chi connectivity index (χ0v) is 12.8. The summed E-state index contributed by atoms with van der Waals surface area (Å²) in [4.78, 5) is 22.7. The molecular weight excluding hydrogens is 292 g/mol. The molecule has 0 bridgehead atoms. The summed E-state index contributed by atoms with van der Waals surface area (Å²) in [6.07, 6.45) is 5.57. The predicted octanol–water partition coefficient (Wildman–Crippen LogP) is 3.95. The van der Waals surface area contributed by atoms with Gasteiger partial charge in [-0.3, -0.25) is 14.9 Å². The fourth-order valence-corrected chi connectivity index (χ4v) is 3.27. The van der Waals surface area contributed by atoms with E-state index < -0.39 is 10.8 Å². The van der Waals surface area contributed by atoms with Crippen molar-refractivity contribution in [3.8, 4) is 0 Å². The molecule has 0 heterocycles. The number of amides is 1. The van der Waals surface area contributed by atoms with E-state index in [9.17, 15) is 14.9 Å². The minimum Gasteiger partial charge on any atom is -0.351 e. The number of nitro groups is 1. The molecule has 1 aliphatic carbocycles. The van der Waals surface area contributed by atoms with Gasteiger partial charge in [0.2, 0.25) is 0 Å². The molecule has 21 heavy (non-hydrogen) atoms. The number of hydrogen-bond acceptors (Lipinski definition) is 3. The third-order valence-electron chi connectivity index (χ3n) is 4.45. The minimum atomic E-state index is -0.609. The zero-order chi connectivity index (χ0) is 15.5. The Morgan fingerprint density at radius 3 is 2.67 bits per heavy atom. The Bertz CT molecular complexity index is 554. The second-order valence-electron chi connectivity index (χ2n) is 5.64. The van der Waals surface area contributed by atoms with E-state index >= 15 is 0 Å². The average molecular weight is 311 g/mol. The number of benzene rings is 1. The molecular formula is C15H19ClN2O3. The van der Waals surface area contributed by atoms with Crippen molar-refractivity contribution in [3.63, 3.8) is 0 Å². The molecule has 6 heteroatoms. The van der Waals surface area contributed by atoms with E-state index in [0.717, 1.165) is 19.3 Å². The minimum absolute atomic E-state index is 0.0151. The van der Waals surface area contributed by atoms with E-state index in [1.807, 2.05) is 0 Å². The maximum absolute atomic E-state index is 12.3. The van der Waals surface area contributed by atoms with Gasteiger partial charge in [-0.25, -0.2) is 0 Å². The lowest BCUT2D eigenvalue weighted by Gasteiger charge is -2.27. The first-order valence-electron chi connectivity index (χ1n) is 7.20. The van der Waals surface area contributed by atoms with E-state index in [2.05, 4.69) is 12.2 Å². The van der Waals surface area contributed by atoms with Crippen molar-refractivity contribution in [2.45, 2.75) is 39.0 Å². The summed E-state index contributed by atoms with van der Waals surface area (Å²) in [5.41, 5.74) is -0.159. The first-order chi connectivity index (χ1) is 9.99. The van der Waals surface area contributed by atoms with E-state index in [4.69, 9.17) is 11.6 Å². The summed E-state index contributed by atoms with van der Waals surface area (Å²) < 4.78 is 0. The Morgan fingerprint density at radius 2 is 2.10 bits per heavy atom. The fourth-order valence-electron chi connectivity index (χ4n) is 3.03. The van der Waals surface area contributed by atoms with Gasteiger partial charge in [-0.05, 0) is 36.8 Å². The molecule has 0 atom stereocenters. The van der Waals surface area contributed by atoms with Gasteiger partial charge in [-0.2, -0.15) is 0 Å². The first kappa shape index (κ1) is 15.8. The standard InChI is InChI=1S/C15H19ClN2O3/c1-2-15(8-3-4-9-15)10-17-14(19)11-6-5-7-12(16)13(11)18(20)21/h5-7H,2-4,8-10H2,1H3,(H,17,19). The van der Waals surface area contributed by atoms with Crippen LogP contribution in [0, 0.1) is 15.5 Å². The lowest BCUT2D eigenvalue weighted by atomic mass is 9.83. The highest BCUT2D eigenvalue weighted by Crippen LogP contribution is 2.40. The van der Waals surface area contributed by atoms with Crippen molar-refractivity contribution >= 4 is 23.2 Å². The number of hydrogen-bond donors (Lipinski definition) is 1. The highest BCUT2D eigenvalue weighted by Gasteiger charge is 2.33. The van der Waals surface area contributed by atoms with Gasteiger partial charge in [0.1, 0.15) is 10.6 Å². The highest BCUT2D eigenvalue weighted by molar-refractivity contribution is 6.33. The van der Waals surface area contributed by atoms with Crippen molar-refractivity contribution in [1.29, 1.82) is 0 Å². The van der Waals surface area contributed by atoms with Crippen LogP contribution in [0.5, 0.6) is 0 Å². The van der Waals surface area contributed by atoms with Crippen LogP contribution in [0.2, 0.25) is 5.02 Å². The lowest BCUT2D eigenvalue weighted by Crippen LogP contribution is -2.35. The topological polar surface area (TPSA) is 72.2 Å². The highest BCUT2D eigenvalue weighted by atomic mass is 35.5. The van der Waals surface area contributed by atoms with Crippen LogP contribution in [0.1, 0.15) is 49.4 Å². The number of para-hydroxylation sites is 1. The van der Waals surface area contributed by atoms with E-state index in [0.29, 0.717) is 6.54 Å². The molecule has 0 unspecified atom stereocenters. The smallest absolute Gasteiger partial charge is 0.300 e. The molecule has 0 aliphatic heterocycles. The molecule has 1 amide bonds. The normalized spacial score (nSPS) is 16.7. The average Bonchev–Trinajstić information content (AvgIpc) is 2.93. The fraction of sp³-hybridized carbons (Fsp3) is 0.533. The molecule has 1 aromatic carbocycles. The lowest BCUT2D eigenvalue weighted by molar-refractivity contribution is -0.385. The molecule has 0 radical (unpaired) electrons. The van der Waals surface area contributed by atoms with Gasteiger partial charge in [0.05, 0.1) is 4.92 Å². The Hall–Kier alpha value is -1.62. The van der Waals surface area contributed by atoms with Crippen molar-refractivity contribution in [2.24, 2.45) is 5.41 Å². The quantitative estimate of drug-likeness (QED) is 0.661. The SMILES string of the molecule is CCC1(CNC(=O)c2cccc(Cl)c2[N+](=O)[O-])CCCC1. The van der Waals surface area contributed by atoms with E-state index in [1.54, 1.807) is 6.07 Å². The third-order valence-corrected chi connectivity index (χ3v) is 4.76. The molecule has 1 fully saturated rings. The molecule has 0 aromatic heterocycles. The van der Waals surface area contributed by atoms with Crippen molar-refractivity contribution in [2.75, 3.05) is 6.54 Å². The number of halogens is 1. The molecule has 1 N–H and O–H groups in total. The maximum Gasteiger partial charge on any atom is 0.300 e. The Labute approximate surface area is 128 Å². The van der Waals surface area contributed by atoms with Crippen LogP contribution in [0.15, 0.2) is 18.2 Å². The molecule has 1 aliphatic rings. The van der Waals surface area contributed by atoms with Crippen molar-refractivity contribution < 1.29 is 9.72 Å². The number of carbonyl (C=O) groups is 1. The predicted molar refractivity (Wildman–Crippen MR) is 81.6 cm³/mol. The van der Waals surface area contributed by atoms with Crippen LogP contribution in [0.25, 0.3) is 0 Å². The van der Waals surface area contributed by atoms with Gasteiger partial charge in [-0.1, -0.05) is 37.4 Å². The number of nitro benzene ring substituents is 1. The number of rotatable bonds is 5. The number of nitrogens with one attached hydrogen (secondary N) is 1. The first-order valence-corrected chi connectivity index (χ1v) is 7.58. The maximum atomic E-state index is 12.3. The van der Waals surface area contributed by atoms with Gasteiger partial charge < -0.3 is 5.32 Å². The Morgan fingerprint density at radius 1 is 1.43 bits per heavy atom. The summed E-state index contributed by atoms with van der Waals surface area (Å²) >= 11 is 5.83. The molecule has 0 spiro atoms. The van der Waals surface area contributed by atoms with E-state index in [-0.39, 0.29) is 21.7 Å².